The molecule has 1 aromatic heterocycles. The molecule has 0 atom stereocenters. The Bertz CT molecular complexity index is 1020. The van der Waals surface area contributed by atoms with Gasteiger partial charge in [-0.3, -0.25) is 9.48 Å². The lowest BCUT2D eigenvalue weighted by Gasteiger charge is -2.18. The van der Waals surface area contributed by atoms with E-state index in [-0.39, 0.29) is 12.5 Å². The first-order valence-electron chi connectivity index (χ1n) is 9.01. The van der Waals surface area contributed by atoms with Crippen molar-refractivity contribution in [2.45, 2.75) is 26.6 Å². The molecule has 8 heteroatoms. The van der Waals surface area contributed by atoms with Crippen molar-refractivity contribution in [1.29, 1.82) is 0 Å². The minimum absolute atomic E-state index is 0.115. The number of hydrogen-bond acceptors (Lipinski definition) is 3. The highest BCUT2D eigenvalue weighted by atomic mass is 35.5. The molecule has 0 fully saturated rings. The van der Waals surface area contributed by atoms with Gasteiger partial charge in [0.05, 0.1) is 28.5 Å². The van der Waals surface area contributed by atoms with E-state index in [1.54, 1.807) is 53.2 Å². The molecule has 1 amide bonds. The van der Waals surface area contributed by atoms with Crippen molar-refractivity contribution in [3.63, 3.8) is 0 Å². The fraction of sp³-hybridized carbons (Fsp3) is 0.238. The molecule has 0 saturated heterocycles. The fourth-order valence-electron chi connectivity index (χ4n) is 2.88. The van der Waals surface area contributed by atoms with Crippen LogP contribution in [0.3, 0.4) is 0 Å². The molecule has 3 aromatic rings. The Kier molecular flexibility index (Phi) is 7.06. The zero-order chi connectivity index (χ0) is 21.0. The summed E-state index contributed by atoms with van der Waals surface area (Å²) in [6, 6.07) is 12.4. The predicted octanol–water partition coefficient (Wildman–Crippen LogP) is 5.71. The van der Waals surface area contributed by atoms with Gasteiger partial charge in [-0.25, -0.2) is 0 Å². The van der Waals surface area contributed by atoms with E-state index >= 15 is 0 Å². The van der Waals surface area contributed by atoms with Crippen molar-refractivity contribution in [2.24, 2.45) is 0 Å². The topological polar surface area (TPSA) is 47.4 Å². The van der Waals surface area contributed by atoms with E-state index in [0.29, 0.717) is 39.5 Å². The number of benzene rings is 2. The Morgan fingerprint density at radius 1 is 1.14 bits per heavy atom. The molecule has 152 valence electrons. The van der Waals surface area contributed by atoms with Crippen LogP contribution in [0.2, 0.25) is 15.1 Å². The van der Waals surface area contributed by atoms with Crippen molar-refractivity contribution >= 4 is 40.7 Å². The molecule has 0 bridgehead atoms. The minimum atomic E-state index is -0.115. The van der Waals surface area contributed by atoms with Crippen LogP contribution in [-0.2, 0) is 19.7 Å². The van der Waals surface area contributed by atoms with Crippen LogP contribution in [0.15, 0.2) is 48.7 Å². The molecule has 0 aliphatic rings. The molecule has 0 spiro atoms. The van der Waals surface area contributed by atoms with Crippen LogP contribution in [0, 0.1) is 0 Å². The van der Waals surface area contributed by atoms with Crippen molar-refractivity contribution in [1.82, 2.24) is 14.7 Å². The number of carbonyl (C=O) groups excluding carboxylic acids is 1. The lowest BCUT2D eigenvalue weighted by molar-refractivity contribution is 0.0781. The molecule has 0 aliphatic heterocycles. The second kappa shape index (κ2) is 9.53. The van der Waals surface area contributed by atoms with Crippen LogP contribution in [0.25, 0.3) is 0 Å². The summed E-state index contributed by atoms with van der Waals surface area (Å²) < 4.78 is 7.54. The lowest BCUT2D eigenvalue weighted by atomic mass is 10.1. The minimum Gasteiger partial charge on any atom is -0.487 e. The zero-order valence-corrected chi connectivity index (χ0v) is 18.3. The summed E-state index contributed by atoms with van der Waals surface area (Å²) in [5.74, 6) is 0.420. The number of halogens is 3. The Morgan fingerprint density at radius 2 is 1.93 bits per heavy atom. The fourth-order valence-corrected chi connectivity index (χ4v) is 3.55. The van der Waals surface area contributed by atoms with E-state index in [1.807, 2.05) is 19.1 Å². The van der Waals surface area contributed by atoms with Gasteiger partial charge in [-0.15, -0.1) is 0 Å². The lowest BCUT2D eigenvalue weighted by Crippen LogP contribution is -2.27. The molecule has 5 nitrogen and oxygen atoms in total. The van der Waals surface area contributed by atoms with Gasteiger partial charge in [0.2, 0.25) is 0 Å². The summed E-state index contributed by atoms with van der Waals surface area (Å²) >= 11 is 18.2. The van der Waals surface area contributed by atoms with Gasteiger partial charge in [0.15, 0.2) is 0 Å². The summed E-state index contributed by atoms with van der Waals surface area (Å²) in [6.07, 6.45) is 1.60. The third-order valence-corrected chi connectivity index (χ3v) is 5.24. The number of aryl methyl sites for hydroxylation is 1. The molecule has 0 radical (unpaired) electrons. The maximum absolute atomic E-state index is 12.9. The Labute approximate surface area is 184 Å². The van der Waals surface area contributed by atoms with Crippen molar-refractivity contribution < 1.29 is 9.53 Å². The van der Waals surface area contributed by atoms with E-state index in [2.05, 4.69) is 5.10 Å². The Morgan fingerprint density at radius 3 is 2.66 bits per heavy atom. The summed E-state index contributed by atoms with van der Waals surface area (Å²) in [5.41, 5.74) is 2.23. The molecule has 2 aromatic carbocycles. The van der Waals surface area contributed by atoms with Crippen molar-refractivity contribution in [3.05, 3.63) is 80.6 Å². The number of nitrogens with zero attached hydrogens (tertiary/aromatic N) is 3. The van der Waals surface area contributed by atoms with Crippen LogP contribution in [0.5, 0.6) is 5.75 Å². The van der Waals surface area contributed by atoms with Crippen LogP contribution >= 0.6 is 34.8 Å². The number of ether oxygens (including phenoxy) is 1. The van der Waals surface area contributed by atoms with Crippen molar-refractivity contribution in [3.8, 4) is 5.75 Å². The van der Waals surface area contributed by atoms with Crippen LogP contribution in [0.4, 0.5) is 0 Å². The number of rotatable bonds is 7. The number of amides is 1. The van der Waals surface area contributed by atoms with Gasteiger partial charge in [0.25, 0.3) is 5.91 Å². The van der Waals surface area contributed by atoms with Gasteiger partial charge in [-0.1, -0.05) is 46.9 Å². The standard InChI is InChI=1S/C21H20Cl3N3O2/c1-3-27-19(18(24)11-25-27)12-26(2)21(28)15-6-4-5-14(9-15)13-29-20-8-7-16(22)10-17(20)23/h4-11H,3,12-13H2,1-2H3. The first-order valence-corrected chi connectivity index (χ1v) is 10.1. The van der Waals surface area contributed by atoms with E-state index in [4.69, 9.17) is 39.5 Å². The maximum Gasteiger partial charge on any atom is 0.253 e. The molecular formula is C21H20Cl3N3O2. The summed E-state index contributed by atoms with van der Waals surface area (Å²) in [5, 5.41) is 5.74. The molecule has 1 heterocycles. The highest BCUT2D eigenvalue weighted by Crippen LogP contribution is 2.28. The van der Waals surface area contributed by atoms with E-state index in [9.17, 15) is 4.79 Å². The zero-order valence-electron chi connectivity index (χ0n) is 16.0. The molecule has 0 unspecified atom stereocenters. The van der Waals surface area contributed by atoms with Gasteiger partial charge in [0.1, 0.15) is 12.4 Å². The molecule has 29 heavy (non-hydrogen) atoms. The first-order chi connectivity index (χ1) is 13.9. The van der Waals surface area contributed by atoms with Gasteiger partial charge in [0, 0.05) is 24.2 Å². The quantitative estimate of drug-likeness (QED) is 0.461. The Balaban J connectivity index is 1.69. The third kappa shape index (κ3) is 5.24. The average molecular weight is 453 g/mol. The van der Waals surface area contributed by atoms with E-state index in [1.165, 1.54) is 0 Å². The van der Waals surface area contributed by atoms with E-state index < -0.39 is 0 Å². The van der Waals surface area contributed by atoms with Gasteiger partial charge in [-0.05, 0) is 42.8 Å². The third-order valence-electron chi connectivity index (χ3n) is 4.39. The molecule has 0 saturated carbocycles. The average Bonchev–Trinajstić information content (AvgIpc) is 3.06. The molecule has 3 rings (SSSR count). The predicted molar refractivity (Wildman–Crippen MR) is 116 cm³/mol. The second-order valence-corrected chi connectivity index (χ2v) is 7.73. The van der Waals surface area contributed by atoms with Crippen molar-refractivity contribution in [2.75, 3.05) is 7.05 Å². The summed E-state index contributed by atoms with van der Waals surface area (Å²) in [6.45, 7) is 3.31. The summed E-state index contributed by atoms with van der Waals surface area (Å²) in [7, 11) is 1.74. The number of carbonyl (C=O) groups is 1. The second-order valence-electron chi connectivity index (χ2n) is 6.48. The first kappa shape index (κ1) is 21.5. The van der Waals surface area contributed by atoms with Crippen LogP contribution in [-0.4, -0.2) is 27.6 Å². The number of hydrogen-bond donors (Lipinski definition) is 0. The van der Waals surface area contributed by atoms with Gasteiger partial charge < -0.3 is 9.64 Å². The van der Waals surface area contributed by atoms with E-state index in [0.717, 1.165) is 11.3 Å². The summed E-state index contributed by atoms with van der Waals surface area (Å²) in [4.78, 5) is 14.5. The normalized spacial score (nSPS) is 10.8. The number of aromatic nitrogens is 2. The van der Waals surface area contributed by atoms with Gasteiger partial charge in [-0.2, -0.15) is 5.10 Å². The van der Waals surface area contributed by atoms with Crippen LogP contribution < -0.4 is 4.74 Å². The maximum atomic E-state index is 12.9. The molecule has 0 aliphatic carbocycles. The largest absolute Gasteiger partial charge is 0.487 e. The molecular weight excluding hydrogens is 433 g/mol. The Hall–Kier alpha value is -2.21. The highest BCUT2D eigenvalue weighted by molar-refractivity contribution is 6.35. The van der Waals surface area contributed by atoms with Crippen LogP contribution in [0.1, 0.15) is 28.5 Å². The highest BCUT2D eigenvalue weighted by Gasteiger charge is 2.17. The SMILES string of the molecule is CCn1ncc(Cl)c1CN(C)C(=O)c1cccc(COc2ccc(Cl)cc2Cl)c1. The van der Waals surface area contributed by atoms with Gasteiger partial charge >= 0.3 is 0 Å². The molecule has 0 N–H and O–H groups in total. The monoisotopic (exact) mass is 451 g/mol. The smallest absolute Gasteiger partial charge is 0.253 e.